The third-order valence-electron chi connectivity index (χ3n) is 4.15. The van der Waals surface area contributed by atoms with Gasteiger partial charge in [-0.15, -0.1) is 0 Å². The van der Waals surface area contributed by atoms with Crippen LogP contribution >= 0.6 is 0 Å². The number of sulfone groups is 1. The summed E-state index contributed by atoms with van der Waals surface area (Å²) < 4.78 is 24.8. The van der Waals surface area contributed by atoms with Crippen molar-refractivity contribution in [3.63, 3.8) is 0 Å². The molecular formula is C15H27N3O2S. The van der Waals surface area contributed by atoms with Crippen molar-refractivity contribution in [1.82, 2.24) is 14.5 Å². The van der Waals surface area contributed by atoms with Gasteiger partial charge in [0.25, 0.3) is 0 Å². The van der Waals surface area contributed by atoms with Gasteiger partial charge in [-0.25, -0.2) is 13.4 Å². The summed E-state index contributed by atoms with van der Waals surface area (Å²) >= 11 is 0. The number of hydrogen-bond acceptors (Lipinski definition) is 4. The first-order valence-corrected chi connectivity index (χ1v) is 9.76. The molecule has 1 saturated heterocycles. The summed E-state index contributed by atoms with van der Waals surface area (Å²) in [5.41, 5.74) is 0. The number of piperidine rings is 1. The molecule has 2 unspecified atom stereocenters. The van der Waals surface area contributed by atoms with Crippen molar-refractivity contribution >= 4 is 9.84 Å². The first kappa shape index (κ1) is 16.5. The van der Waals surface area contributed by atoms with Crippen molar-refractivity contribution in [2.24, 2.45) is 18.9 Å². The molecule has 2 atom stereocenters. The lowest BCUT2D eigenvalue weighted by atomic mass is 9.94. The normalized spacial score (nSPS) is 22.3. The number of imidazole rings is 1. The van der Waals surface area contributed by atoms with Gasteiger partial charge < -0.3 is 9.47 Å². The maximum absolute atomic E-state index is 11.4. The van der Waals surface area contributed by atoms with Crippen molar-refractivity contribution < 1.29 is 8.42 Å². The number of aromatic nitrogens is 2. The Kier molecular flexibility index (Phi) is 5.43. The average Bonchev–Trinajstić information content (AvgIpc) is 2.73. The molecule has 0 saturated carbocycles. The lowest BCUT2D eigenvalue weighted by Crippen LogP contribution is -2.40. The van der Waals surface area contributed by atoms with E-state index >= 15 is 0 Å². The molecule has 21 heavy (non-hydrogen) atoms. The van der Waals surface area contributed by atoms with Gasteiger partial charge in [0.2, 0.25) is 0 Å². The van der Waals surface area contributed by atoms with Crippen molar-refractivity contribution in [1.29, 1.82) is 0 Å². The van der Waals surface area contributed by atoms with Crippen molar-refractivity contribution in [3.05, 3.63) is 18.2 Å². The summed E-state index contributed by atoms with van der Waals surface area (Å²) in [6.45, 7) is 5.06. The molecule has 1 aliphatic rings. The Hall–Kier alpha value is -0.880. The van der Waals surface area contributed by atoms with Crippen molar-refractivity contribution in [2.45, 2.75) is 26.2 Å². The lowest BCUT2D eigenvalue weighted by Gasteiger charge is -2.34. The molecule has 2 heterocycles. The van der Waals surface area contributed by atoms with E-state index in [-0.39, 0.29) is 11.7 Å². The van der Waals surface area contributed by atoms with Crippen molar-refractivity contribution in [2.75, 3.05) is 31.6 Å². The van der Waals surface area contributed by atoms with Crippen LogP contribution < -0.4 is 0 Å². The number of likely N-dealkylation sites (tertiary alicyclic amines) is 1. The Labute approximate surface area is 128 Å². The minimum atomic E-state index is -2.87. The molecule has 5 nitrogen and oxygen atoms in total. The van der Waals surface area contributed by atoms with Crippen LogP contribution in [0.1, 0.15) is 25.6 Å². The highest BCUT2D eigenvalue weighted by Gasteiger charge is 2.23. The zero-order chi connectivity index (χ0) is 15.5. The highest BCUT2D eigenvalue weighted by atomic mass is 32.2. The smallest absolute Gasteiger partial charge is 0.147 e. The van der Waals surface area contributed by atoms with E-state index < -0.39 is 9.84 Å². The largest absolute Gasteiger partial charge is 0.338 e. The molecule has 0 bridgehead atoms. The van der Waals surface area contributed by atoms with Gasteiger partial charge in [-0.3, -0.25) is 0 Å². The Morgan fingerprint density at radius 2 is 2.24 bits per heavy atom. The summed E-state index contributed by atoms with van der Waals surface area (Å²) in [6.07, 6.45) is 8.61. The van der Waals surface area contributed by atoms with Gasteiger partial charge in [0.1, 0.15) is 15.7 Å². The minimum absolute atomic E-state index is 0.201. The van der Waals surface area contributed by atoms with Gasteiger partial charge in [-0.1, -0.05) is 6.92 Å². The Morgan fingerprint density at radius 1 is 1.48 bits per heavy atom. The molecule has 1 aromatic rings. The maximum Gasteiger partial charge on any atom is 0.147 e. The van der Waals surface area contributed by atoms with Gasteiger partial charge in [-0.2, -0.15) is 0 Å². The summed E-state index contributed by atoms with van der Waals surface area (Å²) in [5.74, 6) is 2.26. The predicted octanol–water partition coefficient (Wildman–Crippen LogP) is 1.36. The number of hydrogen-bond donors (Lipinski definition) is 0. The fourth-order valence-corrected chi connectivity index (χ4v) is 4.48. The molecule has 1 aromatic heterocycles. The van der Waals surface area contributed by atoms with Gasteiger partial charge in [0, 0.05) is 45.2 Å². The lowest BCUT2D eigenvalue weighted by molar-refractivity contribution is 0.157. The van der Waals surface area contributed by atoms with Crippen molar-refractivity contribution in [3.8, 4) is 0 Å². The Bertz CT molecular complexity index is 553. The molecule has 0 radical (unpaired) electrons. The van der Waals surface area contributed by atoms with Crippen LogP contribution in [0.15, 0.2) is 12.4 Å². The molecule has 0 N–H and O–H groups in total. The number of aryl methyl sites for hydroxylation is 1. The van der Waals surface area contributed by atoms with E-state index in [0.717, 1.165) is 31.9 Å². The second-order valence-electron chi connectivity index (χ2n) is 6.62. The Morgan fingerprint density at radius 3 is 2.86 bits per heavy atom. The number of nitrogens with zero attached hydrogens (tertiary/aromatic N) is 3. The fraction of sp³-hybridized carbons (Fsp3) is 0.800. The Balaban J connectivity index is 1.84. The molecule has 0 aromatic carbocycles. The van der Waals surface area contributed by atoms with E-state index in [1.807, 2.05) is 26.4 Å². The van der Waals surface area contributed by atoms with Crippen LogP contribution in [0.25, 0.3) is 0 Å². The molecule has 1 fully saturated rings. The summed E-state index contributed by atoms with van der Waals surface area (Å²) in [5, 5.41) is 0. The standard InChI is InChI=1S/C15H27N3O2S/c1-13(12-21(3,19)20)10-18-7-4-5-14(11-18)9-15-16-6-8-17(15)2/h6,8,13-14H,4-5,7,9-12H2,1-3H3. The third-order valence-corrected chi connectivity index (χ3v) is 5.33. The summed E-state index contributed by atoms with van der Waals surface area (Å²) in [4.78, 5) is 6.83. The summed E-state index contributed by atoms with van der Waals surface area (Å²) in [7, 11) is -0.835. The molecule has 6 heteroatoms. The average molecular weight is 313 g/mol. The molecule has 0 amide bonds. The maximum atomic E-state index is 11.4. The van der Waals surface area contributed by atoms with Gasteiger partial charge in [-0.05, 0) is 31.2 Å². The molecule has 0 spiro atoms. The van der Waals surface area contributed by atoms with E-state index in [2.05, 4.69) is 14.5 Å². The van der Waals surface area contributed by atoms with Crippen LogP contribution in [0, 0.1) is 11.8 Å². The van der Waals surface area contributed by atoms with Crippen LogP contribution in [0.2, 0.25) is 0 Å². The van der Waals surface area contributed by atoms with Gasteiger partial charge >= 0.3 is 0 Å². The van der Waals surface area contributed by atoms with E-state index in [4.69, 9.17) is 0 Å². The second kappa shape index (κ2) is 6.92. The first-order chi connectivity index (χ1) is 9.83. The zero-order valence-corrected chi connectivity index (χ0v) is 14.1. The topological polar surface area (TPSA) is 55.2 Å². The quantitative estimate of drug-likeness (QED) is 0.795. The van der Waals surface area contributed by atoms with Crippen LogP contribution in [0.3, 0.4) is 0 Å². The van der Waals surface area contributed by atoms with Crippen LogP contribution in [-0.2, 0) is 23.3 Å². The first-order valence-electron chi connectivity index (χ1n) is 7.70. The third kappa shape index (κ3) is 5.43. The summed E-state index contributed by atoms with van der Waals surface area (Å²) in [6, 6.07) is 0. The van der Waals surface area contributed by atoms with Crippen LogP contribution in [0.5, 0.6) is 0 Å². The van der Waals surface area contributed by atoms with E-state index in [1.165, 1.54) is 19.1 Å². The fourth-order valence-electron chi connectivity index (χ4n) is 3.35. The molecular weight excluding hydrogens is 286 g/mol. The second-order valence-corrected chi connectivity index (χ2v) is 8.81. The monoisotopic (exact) mass is 313 g/mol. The predicted molar refractivity (Wildman–Crippen MR) is 85.0 cm³/mol. The highest BCUT2D eigenvalue weighted by molar-refractivity contribution is 7.90. The van der Waals surface area contributed by atoms with Gasteiger partial charge in [0.15, 0.2) is 0 Å². The minimum Gasteiger partial charge on any atom is -0.338 e. The molecule has 1 aliphatic heterocycles. The van der Waals surface area contributed by atoms with E-state index in [0.29, 0.717) is 5.92 Å². The van der Waals surface area contributed by atoms with Crippen LogP contribution in [-0.4, -0.2) is 54.5 Å². The molecule has 120 valence electrons. The molecule has 0 aliphatic carbocycles. The van der Waals surface area contributed by atoms with E-state index in [9.17, 15) is 8.42 Å². The SMILES string of the molecule is CC(CN1CCCC(Cc2nccn2C)C1)CS(C)(=O)=O. The van der Waals surface area contributed by atoms with Crippen LogP contribution in [0.4, 0.5) is 0 Å². The van der Waals surface area contributed by atoms with E-state index in [1.54, 1.807) is 0 Å². The highest BCUT2D eigenvalue weighted by Crippen LogP contribution is 2.21. The number of rotatable bonds is 6. The van der Waals surface area contributed by atoms with Gasteiger partial charge in [0.05, 0.1) is 5.75 Å². The molecule has 2 rings (SSSR count). The zero-order valence-electron chi connectivity index (χ0n) is 13.3.